The van der Waals surface area contributed by atoms with Gasteiger partial charge in [0.05, 0.1) is 5.92 Å². The number of nitrogens with one attached hydrogen (secondary N) is 1. The Morgan fingerprint density at radius 2 is 1.60 bits per heavy atom. The zero-order chi connectivity index (χ0) is 14.5. The van der Waals surface area contributed by atoms with Crippen LogP contribution in [0.3, 0.4) is 0 Å². The molecular formula is C17H20N2O. The number of anilines is 1. The molecule has 3 heteroatoms. The normalized spacial score (nSPS) is 13.6. The summed E-state index contributed by atoms with van der Waals surface area (Å²) in [7, 11) is 0. The second-order valence-corrected chi connectivity index (χ2v) is 5.00. The Labute approximate surface area is 119 Å². The first-order chi connectivity index (χ1) is 9.59. The van der Waals surface area contributed by atoms with Gasteiger partial charge in [-0.2, -0.15) is 0 Å². The third kappa shape index (κ3) is 3.25. The van der Waals surface area contributed by atoms with Gasteiger partial charge in [0.25, 0.3) is 0 Å². The molecule has 2 aromatic carbocycles. The number of para-hydroxylation sites is 1. The third-order valence-corrected chi connectivity index (χ3v) is 3.40. The van der Waals surface area contributed by atoms with Crippen LogP contribution in [0.25, 0.3) is 0 Å². The molecule has 20 heavy (non-hydrogen) atoms. The number of rotatable bonds is 4. The van der Waals surface area contributed by atoms with Gasteiger partial charge in [-0.15, -0.1) is 0 Å². The molecule has 0 bridgehead atoms. The minimum atomic E-state index is -0.197. The molecule has 2 aromatic rings. The second kappa shape index (κ2) is 6.35. The Balaban J connectivity index is 2.16. The number of amides is 1. The fourth-order valence-corrected chi connectivity index (χ4v) is 2.14. The Morgan fingerprint density at radius 3 is 2.25 bits per heavy atom. The molecule has 0 aliphatic rings. The summed E-state index contributed by atoms with van der Waals surface area (Å²) in [5.74, 6) is -0.221. The van der Waals surface area contributed by atoms with Gasteiger partial charge in [0.15, 0.2) is 0 Å². The van der Waals surface area contributed by atoms with Crippen molar-refractivity contribution in [1.82, 2.24) is 0 Å². The summed E-state index contributed by atoms with van der Waals surface area (Å²) < 4.78 is 0. The summed E-state index contributed by atoms with van der Waals surface area (Å²) in [4.78, 5) is 12.3. The van der Waals surface area contributed by atoms with Gasteiger partial charge in [-0.1, -0.05) is 48.5 Å². The molecule has 2 rings (SSSR count). The lowest BCUT2D eigenvalue weighted by Gasteiger charge is -2.16. The highest BCUT2D eigenvalue weighted by Gasteiger charge is 2.16. The first-order valence-corrected chi connectivity index (χ1v) is 6.80. The fourth-order valence-electron chi connectivity index (χ4n) is 2.14. The zero-order valence-corrected chi connectivity index (χ0v) is 11.8. The van der Waals surface area contributed by atoms with E-state index >= 15 is 0 Å². The van der Waals surface area contributed by atoms with E-state index in [0.717, 1.165) is 16.8 Å². The van der Waals surface area contributed by atoms with E-state index in [-0.39, 0.29) is 17.9 Å². The van der Waals surface area contributed by atoms with E-state index in [4.69, 9.17) is 5.73 Å². The van der Waals surface area contributed by atoms with E-state index < -0.39 is 0 Å². The summed E-state index contributed by atoms with van der Waals surface area (Å²) in [5.41, 5.74) is 8.66. The van der Waals surface area contributed by atoms with Crippen molar-refractivity contribution in [3.63, 3.8) is 0 Å². The lowest BCUT2D eigenvalue weighted by Crippen LogP contribution is -2.20. The van der Waals surface area contributed by atoms with Crippen molar-refractivity contribution in [1.29, 1.82) is 0 Å². The van der Waals surface area contributed by atoms with Crippen LogP contribution in [0, 0.1) is 0 Å². The number of benzene rings is 2. The number of carbonyl (C=O) groups excluding carboxylic acids is 1. The molecule has 2 unspecified atom stereocenters. The summed E-state index contributed by atoms with van der Waals surface area (Å²) >= 11 is 0. The first kappa shape index (κ1) is 14.3. The molecule has 2 atom stereocenters. The van der Waals surface area contributed by atoms with Crippen LogP contribution in [-0.2, 0) is 4.79 Å². The van der Waals surface area contributed by atoms with Gasteiger partial charge in [-0.25, -0.2) is 0 Å². The van der Waals surface area contributed by atoms with Crippen LogP contribution in [-0.4, -0.2) is 5.91 Å². The summed E-state index contributed by atoms with van der Waals surface area (Å²) in [6.45, 7) is 3.81. The van der Waals surface area contributed by atoms with Gasteiger partial charge in [0.1, 0.15) is 0 Å². The highest BCUT2D eigenvalue weighted by Crippen LogP contribution is 2.23. The Kier molecular flexibility index (Phi) is 4.53. The maximum Gasteiger partial charge on any atom is 0.231 e. The maximum absolute atomic E-state index is 12.3. The number of hydrogen-bond acceptors (Lipinski definition) is 2. The molecule has 0 spiro atoms. The van der Waals surface area contributed by atoms with Gasteiger partial charge in [-0.05, 0) is 31.0 Å². The molecule has 0 saturated heterocycles. The van der Waals surface area contributed by atoms with Gasteiger partial charge in [0, 0.05) is 11.7 Å². The predicted molar refractivity (Wildman–Crippen MR) is 82.5 cm³/mol. The van der Waals surface area contributed by atoms with Crippen LogP contribution in [0.2, 0.25) is 0 Å². The van der Waals surface area contributed by atoms with Crippen molar-refractivity contribution >= 4 is 11.6 Å². The predicted octanol–water partition coefficient (Wildman–Crippen LogP) is 3.45. The van der Waals surface area contributed by atoms with Crippen molar-refractivity contribution in [3.8, 4) is 0 Å². The van der Waals surface area contributed by atoms with Gasteiger partial charge < -0.3 is 11.1 Å². The number of nitrogens with two attached hydrogens (primary N) is 1. The number of hydrogen-bond donors (Lipinski definition) is 2. The molecule has 0 saturated carbocycles. The highest BCUT2D eigenvalue weighted by molar-refractivity contribution is 5.96. The molecule has 0 fully saturated rings. The standard InChI is InChI=1S/C17H20N2O/c1-12(14-8-4-3-5-9-14)17(20)19-16-11-7-6-10-15(16)13(2)18/h3-13H,18H2,1-2H3,(H,19,20). The smallest absolute Gasteiger partial charge is 0.231 e. The molecular weight excluding hydrogens is 248 g/mol. The molecule has 104 valence electrons. The monoisotopic (exact) mass is 268 g/mol. The van der Waals surface area contributed by atoms with E-state index in [1.165, 1.54) is 0 Å². The average Bonchev–Trinajstić information content (AvgIpc) is 2.47. The van der Waals surface area contributed by atoms with Crippen LogP contribution >= 0.6 is 0 Å². The van der Waals surface area contributed by atoms with Crippen LogP contribution in [0.15, 0.2) is 54.6 Å². The van der Waals surface area contributed by atoms with Crippen LogP contribution in [0.1, 0.15) is 36.9 Å². The first-order valence-electron chi connectivity index (χ1n) is 6.80. The lowest BCUT2D eigenvalue weighted by atomic mass is 10.00. The van der Waals surface area contributed by atoms with E-state index in [2.05, 4.69) is 5.32 Å². The van der Waals surface area contributed by atoms with Gasteiger partial charge in [0.2, 0.25) is 5.91 Å². The van der Waals surface area contributed by atoms with Crippen LogP contribution in [0.4, 0.5) is 5.69 Å². The molecule has 0 heterocycles. The van der Waals surface area contributed by atoms with Gasteiger partial charge in [-0.3, -0.25) is 4.79 Å². The Bertz CT molecular complexity index is 579. The summed E-state index contributed by atoms with van der Waals surface area (Å²) in [6.07, 6.45) is 0. The molecule has 3 N–H and O–H groups in total. The van der Waals surface area contributed by atoms with Crippen molar-refractivity contribution in [2.75, 3.05) is 5.32 Å². The largest absolute Gasteiger partial charge is 0.325 e. The van der Waals surface area contributed by atoms with Crippen LogP contribution in [0.5, 0.6) is 0 Å². The summed E-state index contributed by atoms with van der Waals surface area (Å²) in [5, 5.41) is 2.97. The van der Waals surface area contributed by atoms with Crippen molar-refractivity contribution in [2.24, 2.45) is 5.73 Å². The zero-order valence-electron chi connectivity index (χ0n) is 11.8. The molecule has 0 aliphatic heterocycles. The minimum Gasteiger partial charge on any atom is -0.325 e. The van der Waals surface area contributed by atoms with E-state index in [9.17, 15) is 4.79 Å². The van der Waals surface area contributed by atoms with E-state index in [0.29, 0.717) is 0 Å². The quantitative estimate of drug-likeness (QED) is 0.892. The van der Waals surface area contributed by atoms with E-state index in [1.54, 1.807) is 0 Å². The molecule has 0 radical (unpaired) electrons. The van der Waals surface area contributed by atoms with Crippen molar-refractivity contribution in [2.45, 2.75) is 25.8 Å². The molecule has 0 aromatic heterocycles. The van der Waals surface area contributed by atoms with Crippen LogP contribution < -0.4 is 11.1 Å². The molecule has 1 amide bonds. The van der Waals surface area contributed by atoms with Crippen molar-refractivity contribution < 1.29 is 4.79 Å². The lowest BCUT2D eigenvalue weighted by molar-refractivity contribution is -0.117. The maximum atomic E-state index is 12.3. The van der Waals surface area contributed by atoms with E-state index in [1.807, 2.05) is 68.4 Å². The second-order valence-electron chi connectivity index (χ2n) is 5.00. The third-order valence-electron chi connectivity index (χ3n) is 3.40. The topological polar surface area (TPSA) is 55.1 Å². The van der Waals surface area contributed by atoms with Crippen molar-refractivity contribution in [3.05, 3.63) is 65.7 Å². The SMILES string of the molecule is CC(N)c1ccccc1NC(=O)C(C)c1ccccc1. The fraction of sp³-hybridized carbons (Fsp3) is 0.235. The Hall–Kier alpha value is -2.13. The van der Waals surface area contributed by atoms with Gasteiger partial charge >= 0.3 is 0 Å². The molecule has 3 nitrogen and oxygen atoms in total. The number of carbonyl (C=O) groups is 1. The Morgan fingerprint density at radius 1 is 1.00 bits per heavy atom. The summed E-state index contributed by atoms with van der Waals surface area (Å²) in [6, 6.07) is 17.3. The highest BCUT2D eigenvalue weighted by atomic mass is 16.1. The average molecular weight is 268 g/mol. The molecule has 0 aliphatic carbocycles. The minimum absolute atomic E-state index is 0.0238.